The fraction of sp³-hybridized carbons (Fsp3) is 0.364. The predicted molar refractivity (Wildman–Crippen MR) is 58.9 cm³/mol. The average molecular weight is 208 g/mol. The number of rotatable bonds is 4. The van der Waals surface area contributed by atoms with Crippen molar-refractivity contribution < 1.29 is 9.53 Å². The normalized spacial score (nSPS) is 9.73. The highest BCUT2D eigenvalue weighted by molar-refractivity contribution is 5.70. The van der Waals surface area contributed by atoms with Crippen LogP contribution < -0.4 is 15.8 Å². The second-order valence-electron chi connectivity index (χ2n) is 3.27. The molecule has 1 rings (SSSR count). The molecule has 82 valence electrons. The van der Waals surface area contributed by atoms with Crippen molar-refractivity contribution in [1.82, 2.24) is 5.32 Å². The molecule has 1 aromatic rings. The van der Waals surface area contributed by atoms with E-state index in [0.29, 0.717) is 18.8 Å². The number of carbonyl (C=O) groups is 1. The maximum Gasteiger partial charge on any atom is 0.412 e. The van der Waals surface area contributed by atoms with Crippen LogP contribution in [0.2, 0.25) is 0 Å². The van der Waals surface area contributed by atoms with E-state index in [4.69, 9.17) is 10.5 Å². The fourth-order valence-corrected chi connectivity index (χ4v) is 1.04. The molecule has 0 heterocycles. The quantitative estimate of drug-likeness (QED) is 0.736. The number of hydrogen-bond donors (Lipinski definition) is 2. The molecule has 0 aliphatic carbocycles. The molecule has 0 atom stereocenters. The summed E-state index contributed by atoms with van der Waals surface area (Å²) in [7, 11) is 0. The van der Waals surface area contributed by atoms with E-state index in [1.807, 2.05) is 19.1 Å². The summed E-state index contributed by atoms with van der Waals surface area (Å²) in [6.45, 7) is 3.08. The standard InChI is InChI=1S/C11H16N2O2/c1-9-3-5-10(6-4-9)15-11(14)13-8-2-7-12/h3-6H,2,7-8,12H2,1H3,(H,13,14). The van der Waals surface area contributed by atoms with Crippen LogP contribution in [0.3, 0.4) is 0 Å². The molecule has 15 heavy (non-hydrogen) atoms. The molecule has 0 aliphatic heterocycles. The first-order valence-corrected chi connectivity index (χ1v) is 4.95. The van der Waals surface area contributed by atoms with Crippen molar-refractivity contribution in [1.29, 1.82) is 0 Å². The van der Waals surface area contributed by atoms with Crippen molar-refractivity contribution in [3.05, 3.63) is 29.8 Å². The van der Waals surface area contributed by atoms with E-state index in [0.717, 1.165) is 12.0 Å². The summed E-state index contributed by atoms with van der Waals surface area (Å²) in [5.41, 5.74) is 6.42. The zero-order chi connectivity index (χ0) is 11.1. The molecule has 4 heteroatoms. The summed E-state index contributed by atoms with van der Waals surface area (Å²) in [4.78, 5) is 11.2. The molecule has 0 radical (unpaired) electrons. The summed E-state index contributed by atoms with van der Waals surface area (Å²) in [5, 5.41) is 2.61. The van der Waals surface area contributed by atoms with Crippen LogP contribution in [-0.2, 0) is 0 Å². The Labute approximate surface area is 89.4 Å². The fourth-order valence-electron chi connectivity index (χ4n) is 1.04. The molecule has 0 bridgehead atoms. The van der Waals surface area contributed by atoms with Crippen molar-refractivity contribution in [2.45, 2.75) is 13.3 Å². The van der Waals surface area contributed by atoms with Crippen LogP contribution >= 0.6 is 0 Å². The summed E-state index contributed by atoms with van der Waals surface area (Å²) in [5.74, 6) is 0.547. The zero-order valence-corrected chi connectivity index (χ0v) is 8.82. The van der Waals surface area contributed by atoms with E-state index >= 15 is 0 Å². The van der Waals surface area contributed by atoms with E-state index in [9.17, 15) is 4.79 Å². The number of amides is 1. The summed E-state index contributed by atoms with van der Waals surface area (Å²) >= 11 is 0. The van der Waals surface area contributed by atoms with Gasteiger partial charge in [0.05, 0.1) is 0 Å². The van der Waals surface area contributed by atoms with Gasteiger partial charge in [0.1, 0.15) is 5.75 Å². The second-order valence-corrected chi connectivity index (χ2v) is 3.27. The second kappa shape index (κ2) is 6.03. The van der Waals surface area contributed by atoms with Crippen LogP contribution in [-0.4, -0.2) is 19.2 Å². The van der Waals surface area contributed by atoms with Gasteiger partial charge in [0, 0.05) is 6.54 Å². The van der Waals surface area contributed by atoms with Gasteiger partial charge in [-0.25, -0.2) is 4.79 Å². The molecule has 0 aromatic heterocycles. The van der Waals surface area contributed by atoms with E-state index in [1.54, 1.807) is 12.1 Å². The predicted octanol–water partition coefficient (Wildman–Crippen LogP) is 1.43. The molecule has 4 nitrogen and oxygen atoms in total. The molecular weight excluding hydrogens is 192 g/mol. The van der Waals surface area contributed by atoms with Crippen LogP contribution in [0.25, 0.3) is 0 Å². The van der Waals surface area contributed by atoms with Gasteiger partial charge in [-0.15, -0.1) is 0 Å². The monoisotopic (exact) mass is 208 g/mol. The van der Waals surface area contributed by atoms with Crippen molar-refractivity contribution in [3.8, 4) is 5.75 Å². The zero-order valence-electron chi connectivity index (χ0n) is 8.82. The van der Waals surface area contributed by atoms with Crippen molar-refractivity contribution >= 4 is 6.09 Å². The molecule has 0 saturated carbocycles. The van der Waals surface area contributed by atoms with Crippen LogP contribution in [0.4, 0.5) is 4.79 Å². The smallest absolute Gasteiger partial charge is 0.410 e. The molecular formula is C11H16N2O2. The van der Waals surface area contributed by atoms with Gasteiger partial charge < -0.3 is 15.8 Å². The molecule has 0 aliphatic rings. The molecule has 1 amide bonds. The Bertz CT molecular complexity index is 309. The van der Waals surface area contributed by atoms with E-state index in [-0.39, 0.29) is 0 Å². The van der Waals surface area contributed by atoms with Crippen molar-refractivity contribution in [3.63, 3.8) is 0 Å². The van der Waals surface area contributed by atoms with Gasteiger partial charge >= 0.3 is 6.09 Å². The third-order valence-corrected chi connectivity index (χ3v) is 1.88. The van der Waals surface area contributed by atoms with E-state index in [1.165, 1.54) is 0 Å². The van der Waals surface area contributed by atoms with Gasteiger partial charge in [-0.3, -0.25) is 0 Å². The molecule has 0 fully saturated rings. The molecule has 1 aromatic carbocycles. The van der Waals surface area contributed by atoms with Crippen LogP contribution in [0.5, 0.6) is 5.75 Å². The third kappa shape index (κ3) is 4.46. The van der Waals surface area contributed by atoms with Crippen molar-refractivity contribution in [2.75, 3.05) is 13.1 Å². The lowest BCUT2D eigenvalue weighted by Crippen LogP contribution is -2.28. The minimum absolute atomic E-state index is 0.438. The molecule has 0 unspecified atom stereocenters. The Balaban J connectivity index is 2.34. The topological polar surface area (TPSA) is 64.3 Å². The highest BCUT2D eigenvalue weighted by Gasteiger charge is 2.01. The van der Waals surface area contributed by atoms with Gasteiger partial charge in [-0.2, -0.15) is 0 Å². The first-order valence-electron chi connectivity index (χ1n) is 4.95. The average Bonchev–Trinajstić information content (AvgIpc) is 2.22. The third-order valence-electron chi connectivity index (χ3n) is 1.88. The van der Waals surface area contributed by atoms with Crippen LogP contribution in [0, 0.1) is 6.92 Å². The Morgan fingerprint density at radius 2 is 2.07 bits per heavy atom. The number of aryl methyl sites for hydroxylation is 1. The number of benzene rings is 1. The van der Waals surface area contributed by atoms with Crippen LogP contribution in [0.1, 0.15) is 12.0 Å². The first kappa shape index (κ1) is 11.5. The summed E-state index contributed by atoms with van der Waals surface area (Å²) in [6, 6.07) is 7.31. The maximum absolute atomic E-state index is 11.2. The van der Waals surface area contributed by atoms with Crippen molar-refractivity contribution in [2.24, 2.45) is 5.73 Å². The lowest BCUT2D eigenvalue weighted by molar-refractivity contribution is 0.200. The number of hydrogen-bond acceptors (Lipinski definition) is 3. The van der Waals surface area contributed by atoms with Gasteiger partial charge in [0.15, 0.2) is 0 Å². The lowest BCUT2D eigenvalue weighted by Gasteiger charge is -2.05. The largest absolute Gasteiger partial charge is 0.412 e. The first-order chi connectivity index (χ1) is 7.22. The Hall–Kier alpha value is -1.55. The number of nitrogens with two attached hydrogens (primary N) is 1. The van der Waals surface area contributed by atoms with Gasteiger partial charge in [-0.05, 0) is 32.0 Å². The Kier molecular flexibility index (Phi) is 4.63. The van der Waals surface area contributed by atoms with Crippen LogP contribution in [0.15, 0.2) is 24.3 Å². The highest BCUT2D eigenvalue weighted by Crippen LogP contribution is 2.11. The number of carbonyl (C=O) groups excluding carboxylic acids is 1. The van der Waals surface area contributed by atoms with E-state index < -0.39 is 6.09 Å². The number of ether oxygens (including phenoxy) is 1. The SMILES string of the molecule is Cc1ccc(OC(=O)NCCCN)cc1. The molecule has 0 spiro atoms. The maximum atomic E-state index is 11.2. The Morgan fingerprint density at radius 3 is 2.67 bits per heavy atom. The van der Waals surface area contributed by atoms with Gasteiger partial charge in [0.2, 0.25) is 0 Å². The minimum atomic E-state index is -0.438. The van der Waals surface area contributed by atoms with E-state index in [2.05, 4.69) is 5.32 Å². The summed E-state index contributed by atoms with van der Waals surface area (Å²) < 4.78 is 5.03. The molecule has 0 saturated heterocycles. The minimum Gasteiger partial charge on any atom is -0.410 e. The number of nitrogens with one attached hydrogen (secondary N) is 1. The Morgan fingerprint density at radius 1 is 1.40 bits per heavy atom. The molecule has 3 N–H and O–H groups in total. The summed E-state index contributed by atoms with van der Waals surface area (Å²) in [6.07, 6.45) is 0.315. The van der Waals surface area contributed by atoms with Gasteiger partial charge in [0.25, 0.3) is 0 Å². The lowest BCUT2D eigenvalue weighted by atomic mass is 10.2. The highest BCUT2D eigenvalue weighted by atomic mass is 16.5. The van der Waals surface area contributed by atoms with Gasteiger partial charge in [-0.1, -0.05) is 17.7 Å².